The Balaban J connectivity index is 1.89. The molecule has 4 heteroatoms. The van der Waals surface area contributed by atoms with Gasteiger partial charge in [-0.15, -0.1) is 0 Å². The van der Waals surface area contributed by atoms with Crippen LogP contribution in [0.2, 0.25) is 0 Å². The van der Waals surface area contributed by atoms with E-state index >= 15 is 0 Å². The van der Waals surface area contributed by atoms with Gasteiger partial charge in [0.1, 0.15) is 0 Å². The Labute approximate surface area is 120 Å². The zero-order chi connectivity index (χ0) is 14.4. The van der Waals surface area contributed by atoms with Crippen LogP contribution in [0.15, 0.2) is 42.1 Å². The van der Waals surface area contributed by atoms with Gasteiger partial charge in [0.05, 0.1) is 6.61 Å². The van der Waals surface area contributed by atoms with Gasteiger partial charge in [-0.25, -0.2) is 4.79 Å². The van der Waals surface area contributed by atoms with Crippen LogP contribution in [0.5, 0.6) is 0 Å². The summed E-state index contributed by atoms with van der Waals surface area (Å²) in [6.07, 6.45) is 1.58. The number of carbonyl (C=O) groups excluding carboxylic acids is 1. The zero-order valence-electron chi connectivity index (χ0n) is 12.2. The summed E-state index contributed by atoms with van der Waals surface area (Å²) in [5, 5.41) is 0. The van der Waals surface area contributed by atoms with Crippen molar-refractivity contribution in [2.24, 2.45) is 0 Å². The lowest BCUT2D eigenvalue weighted by Gasteiger charge is -2.37. The Morgan fingerprint density at radius 1 is 1.20 bits per heavy atom. The molecule has 0 bridgehead atoms. The van der Waals surface area contributed by atoms with E-state index in [1.807, 2.05) is 19.9 Å². The van der Waals surface area contributed by atoms with E-state index in [1.165, 1.54) is 5.69 Å². The second kappa shape index (κ2) is 6.98. The van der Waals surface area contributed by atoms with Crippen LogP contribution in [-0.4, -0.2) is 43.7 Å². The van der Waals surface area contributed by atoms with E-state index in [0.29, 0.717) is 6.61 Å². The van der Waals surface area contributed by atoms with Crippen LogP contribution >= 0.6 is 0 Å². The summed E-state index contributed by atoms with van der Waals surface area (Å²) in [4.78, 5) is 16.0. The first-order chi connectivity index (χ1) is 9.70. The third kappa shape index (κ3) is 3.76. The normalized spacial score (nSPS) is 16.2. The summed E-state index contributed by atoms with van der Waals surface area (Å²) in [5.74, 6) is -0.254. The number of esters is 1. The highest BCUT2D eigenvalue weighted by Crippen LogP contribution is 2.17. The molecule has 1 fully saturated rings. The van der Waals surface area contributed by atoms with Crippen LogP contribution in [-0.2, 0) is 9.53 Å². The van der Waals surface area contributed by atoms with Crippen LogP contribution in [0.3, 0.4) is 0 Å². The Hall–Kier alpha value is -1.97. The molecule has 0 aromatic heterocycles. The highest BCUT2D eigenvalue weighted by atomic mass is 16.5. The number of hydrogen-bond donors (Lipinski definition) is 0. The van der Waals surface area contributed by atoms with E-state index in [4.69, 9.17) is 4.74 Å². The second-order valence-corrected chi connectivity index (χ2v) is 4.85. The molecular formula is C16H22N2O2. The smallest absolute Gasteiger partial charge is 0.332 e. The number of carbonyl (C=O) groups is 1. The molecule has 0 radical (unpaired) electrons. The number of para-hydroxylation sites is 1. The number of piperazine rings is 1. The molecule has 1 aromatic rings. The summed E-state index contributed by atoms with van der Waals surface area (Å²) in [6, 6.07) is 10.4. The van der Waals surface area contributed by atoms with Crippen LogP contribution in [0.1, 0.15) is 13.8 Å². The predicted molar refractivity (Wildman–Crippen MR) is 80.6 cm³/mol. The molecule has 0 amide bonds. The SMILES string of the molecule is CCOC(=O)/C=C(/C)N1CCN(c2ccccc2)CC1. The molecular weight excluding hydrogens is 252 g/mol. The molecule has 1 aromatic carbocycles. The molecule has 0 saturated carbocycles. The average molecular weight is 274 g/mol. The van der Waals surface area contributed by atoms with Gasteiger partial charge in [-0.1, -0.05) is 18.2 Å². The van der Waals surface area contributed by atoms with Crippen LogP contribution < -0.4 is 4.90 Å². The van der Waals surface area contributed by atoms with Crippen molar-refractivity contribution in [2.75, 3.05) is 37.7 Å². The van der Waals surface area contributed by atoms with Crippen molar-refractivity contribution in [3.8, 4) is 0 Å². The number of hydrogen-bond acceptors (Lipinski definition) is 4. The fraction of sp³-hybridized carbons (Fsp3) is 0.438. The number of benzene rings is 1. The Morgan fingerprint density at radius 3 is 2.45 bits per heavy atom. The van der Waals surface area contributed by atoms with Crippen molar-refractivity contribution >= 4 is 11.7 Å². The van der Waals surface area contributed by atoms with Gasteiger partial charge in [-0.05, 0) is 26.0 Å². The summed E-state index contributed by atoms with van der Waals surface area (Å²) in [7, 11) is 0. The third-order valence-electron chi connectivity index (χ3n) is 3.51. The summed E-state index contributed by atoms with van der Waals surface area (Å²) >= 11 is 0. The van der Waals surface area contributed by atoms with Crippen molar-refractivity contribution in [1.29, 1.82) is 0 Å². The van der Waals surface area contributed by atoms with Gasteiger partial charge >= 0.3 is 5.97 Å². The summed E-state index contributed by atoms with van der Waals surface area (Å²) in [6.45, 7) is 8.00. The van der Waals surface area contributed by atoms with Crippen LogP contribution in [0.4, 0.5) is 5.69 Å². The topological polar surface area (TPSA) is 32.8 Å². The monoisotopic (exact) mass is 274 g/mol. The maximum atomic E-state index is 11.4. The van der Waals surface area contributed by atoms with Gasteiger partial charge < -0.3 is 14.5 Å². The number of anilines is 1. The molecule has 0 atom stereocenters. The molecule has 1 heterocycles. The van der Waals surface area contributed by atoms with Crippen molar-refractivity contribution in [1.82, 2.24) is 4.90 Å². The maximum Gasteiger partial charge on any atom is 0.332 e. The second-order valence-electron chi connectivity index (χ2n) is 4.85. The molecule has 1 saturated heterocycles. The standard InChI is InChI=1S/C16H22N2O2/c1-3-20-16(19)13-14(2)17-9-11-18(12-10-17)15-7-5-4-6-8-15/h4-8,13H,3,9-12H2,1-2H3/b14-13-. The molecule has 0 spiro atoms. The average Bonchev–Trinajstić information content (AvgIpc) is 2.48. The molecule has 0 unspecified atom stereocenters. The Kier molecular flexibility index (Phi) is 5.04. The van der Waals surface area contributed by atoms with Crippen LogP contribution in [0.25, 0.3) is 0 Å². The minimum Gasteiger partial charge on any atom is -0.463 e. The summed E-state index contributed by atoms with van der Waals surface area (Å²) < 4.78 is 4.94. The molecule has 20 heavy (non-hydrogen) atoms. The lowest BCUT2D eigenvalue weighted by atomic mass is 10.2. The summed E-state index contributed by atoms with van der Waals surface area (Å²) in [5.41, 5.74) is 2.25. The molecule has 108 valence electrons. The van der Waals surface area contributed by atoms with Gasteiger partial charge in [0.2, 0.25) is 0 Å². The number of nitrogens with zero attached hydrogens (tertiary/aromatic N) is 2. The fourth-order valence-electron chi connectivity index (χ4n) is 2.40. The quantitative estimate of drug-likeness (QED) is 0.623. The fourth-order valence-corrected chi connectivity index (χ4v) is 2.40. The minimum absolute atomic E-state index is 0.254. The van der Waals surface area contributed by atoms with Gasteiger partial charge in [0.15, 0.2) is 0 Å². The van der Waals surface area contributed by atoms with E-state index in [9.17, 15) is 4.79 Å². The zero-order valence-corrected chi connectivity index (χ0v) is 12.2. The Bertz CT molecular complexity index is 463. The molecule has 1 aliphatic rings. The van der Waals surface area contributed by atoms with Gasteiger partial charge in [-0.3, -0.25) is 0 Å². The van der Waals surface area contributed by atoms with Crippen molar-refractivity contribution in [3.05, 3.63) is 42.1 Å². The maximum absolute atomic E-state index is 11.4. The highest BCUT2D eigenvalue weighted by molar-refractivity contribution is 5.82. The van der Waals surface area contributed by atoms with E-state index in [0.717, 1.165) is 31.9 Å². The molecule has 0 aliphatic carbocycles. The van der Waals surface area contributed by atoms with Gasteiger partial charge in [0, 0.05) is 43.6 Å². The first-order valence-electron chi connectivity index (χ1n) is 7.10. The predicted octanol–water partition coefficient (Wildman–Crippen LogP) is 2.28. The van der Waals surface area contributed by atoms with E-state index < -0.39 is 0 Å². The number of allylic oxidation sites excluding steroid dienone is 1. The first kappa shape index (κ1) is 14.4. The minimum atomic E-state index is -0.254. The first-order valence-corrected chi connectivity index (χ1v) is 7.10. The molecule has 4 nitrogen and oxygen atoms in total. The number of ether oxygens (including phenoxy) is 1. The van der Waals surface area contributed by atoms with E-state index in [1.54, 1.807) is 6.08 Å². The van der Waals surface area contributed by atoms with E-state index in [-0.39, 0.29) is 5.97 Å². The van der Waals surface area contributed by atoms with Gasteiger partial charge in [-0.2, -0.15) is 0 Å². The van der Waals surface area contributed by atoms with Gasteiger partial charge in [0.25, 0.3) is 0 Å². The number of rotatable bonds is 4. The van der Waals surface area contributed by atoms with Crippen molar-refractivity contribution in [3.63, 3.8) is 0 Å². The lowest BCUT2D eigenvalue weighted by Crippen LogP contribution is -2.45. The molecule has 2 rings (SSSR count). The lowest BCUT2D eigenvalue weighted by molar-refractivity contribution is -0.137. The van der Waals surface area contributed by atoms with Crippen molar-refractivity contribution in [2.45, 2.75) is 13.8 Å². The highest BCUT2D eigenvalue weighted by Gasteiger charge is 2.17. The van der Waals surface area contributed by atoms with E-state index in [2.05, 4.69) is 34.1 Å². The Morgan fingerprint density at radius 2 is 1.85 bits per heavy atom. The largest absolute Gasteiger partial charge is 0.463 e. The molecule has 0 N–H and O–H groups in total. The van der Waals surface area contributed by atoms with Crippen molar-refractivity contribution < 1.29 is 9.53 Å². The third-order valence-corrected chi connectivity index (χ3v) is 3.51. The van der Waals surface area contributed by atoms with Crippen LogP contribution in [0, 0.1) is 0 Å². The molecule has 1 aliphatic heterocycles.